The third-order valence-electron chi connectivity index (χ3n) is 2.81. The Hall–Kier alpha value is -1.79. The van der Waals surface area contributed by atoms with E-state index < -0.39 is 0 Å². The van der Waals surface area contributed by atoms with Crippen molar-refractivity contribution < 1.29 is 9.26 Å². The summed E-state index contributed by atoms with van der Waals surface area (Å²) in [7, 11) is 0. The van der Waals surface area contributed by atoms with E-state index in [-0.39, 0.29) is 6.10 Å². The molecule has 3 heterocycles. The fourth-order valence-electron chi connectivity index (χ4n) is 1.90. The Bertz CT molecular complexity index is 494. The van der Waals surface area contributed by atoms with Crippen LogP contribution in [0, 0.1) is 0 Å². The predicted octanol–water partition coefficient (Wildman–Crippen LogP) is 0.662. The van der Waals surface area contributed by atoms with E-state index in [0.717, 1.165) is 25.3 Å². The number of pyridine rings is 1. The van der Waals surface area contributed by atoms with Gasteiger partial charge in [-0.05, 0) is 12.1 Å². The molecular formula is C12H14N4O2. The molecule has 0 bridgehead atoms. The maximum Gasteiger partial charge on any atom is 0.229 e. The lowest BCUT2D eigenvalue weighted by Crippen LogP contribution is -2.39. The number of ether oxygens (including phenoxy) is 1. The summed E-state index contributed by atoms with van der Waals surface area (Å²) >= 11 is 0. The Balaban J connectivity index is 1.69. The van der Waals surface area contributed by atoms with Crippen LogP contribution in [0.25, 0.3) is 11.4 Å². The molecule has 1 atom stereocenters. The number of rotatable bonds is 3. The van der Waals surface area contributed by atoms with Crippen molar-refractivity contribution in [2.45, 2.75) is 12.5 Å². The molecule has 3 rings (SSSR count). The first kappa shape index (κ1) is 11.3. The minimum Gasteiger partial charge on any atom is -0.375 e. The number of morpholine rings is 1. The summed E-state index contributed by atoms with van der Waals surface area (Å²) < 4.78 is 10.8. The van der Waals surface area contributed by atoms with Crippen molar-refractivity contribution in [3.8, 4) is 11.4 Å². The lowest BCUT2D eigenvalue weighted by molar-refractivity contribution is 0.0246. The van der Waals surface area contributed by atoms with Crippen LogP contribution in [0.1, 0.15) is 5.89 Å². The summed E-state index contributed by atoms with van der Waals surface area (Å²) in [5, 5.41) is 7.23. The van der Waals surface area contributed by atoms with Crippen LogP contribution in [-0.4, -0.2) is 40.9 Å². The molecule has 0 saturated carbocycles. The molecule has 0 amide bonds. The second-order valence-corrected chi connectivity index (χ2v) is 4.15. The van der Waals surface area contributed by atoms with Crippen molar-refractivity contribution in [2.24, 2.45) is 0 Å². The van der Waals surface area contributed by atoms with Gasteiger partial charge in [0.2, 0.25) is 11.7 Å². The maximum atomic E-state index is 5.60. The van der Waals surface area contributed by atoms with Gasteiger partial charge >= 0.3 is 0 Å². The van der Waals surface area contributed by atoms with Gasteiger partial charge in [0.1, 0.15) is 0 Å². The van der Waals surface area contributed by atoms with E-state index in [2.05, 4.69) is 20.4 Å². The zero-order chi connectivity index (χ0) is 12.2. The Morgan fingerprint density at radius 1 is 1.33 bits per heavy atom. The first-order valence-electron chi connectivity index (χ1n) is 5.97. The number of nitrogens with zero attached hydrogens (tertiary/aromatic N) is 3. The molecule has 1 fully saturated rings. The average Bonchev–Trinajstić information content (AvgIpc) is 2.89. The van der Waals surface area contributed by atoms with E-state index in [1.165, 1.54) is 0 Å². The van der Waals surface area contributed by atoms with Crippen molar-refractivity contribution in [3.63, 3.8) is 0 Å². The maximum absolute atomic E-state index is 5.60. The van der Waals surface area contributed by atoms with E-state index in [4.69, 9.17) is 9.26 Å². The van der Waals surface area contributed by atoms with Crippen LogP contribution in [0.2, 0.25) is 0 Å². The van der Waals surface area contributed by atoms with Crippen LogP contribution in [0.15, 0.2) is 29.0 Å². The number of hydrogen-bond donors (Lipinski definition) is 1. The molecule has 2 aromatic heterocycles. The van der Waals surface area contributed by atoms with Gasteiger partial charge in [0, 0.05) is 31.0 Å². The Kier molecular flexibility index (Phi) is 3.29. The molecule has 0 aromatic carbocycles. The van der Waals surface area contributed by atoms with Crippen molar-refractivity contribution >= 4 is 0 Å². The van der Waals surface area contributed by atoms with Gasteiger partial charge in [0.25, 0.3) is 0 Å². The fraction of sp³-hybridized carbons (Fsp3) is 0.417. The van der Waals surface area contributed by atoms with Gasteiger partial charge in [-0.3, -0.25) is 4.98 Å². The van der Waals surface area contributed by atoms with Crippen LogP contribution >= 0.6 is 0 Å². The van der Waals surface area contributed by atoms with E-state index in [1.54, 1.807) is 12.4 Å². The number of hydrogen-bond acceptors (Lipinski definition) is 6. The second-order valence-electron chi connectivity index (χ2n) is 4.15. The molecular weight excluding hydrogens is 232 g/mol. The summed E-state index contributed by atoms with van der Waals surface area (Å²) in [5.41, 5.74) is 0.905. The molecule has 0 radical (unpaired) electrons. The third-order valence-corrected chi connectivity index (χ3v) is 2.81. The predicted molar refractivity (Wildman–Crippen MR) is 63.8 cm³/mol. The number of nitrogens with one attached hydrogen (secondary N) is 1. The van der Waals surface area contributed by atoms with Gasteiger partial charge in [-0.2, -0.15) is 4.98 Å². The molecule has 0 aliphatic carbocycles. The highest BCUT2D eigenvalue weighted by Gasteiger charge is 2.18. The highest BCUT2D eigenvalue weighted by atomic mass is 16.5. The lowest BCUT2D eigenvalue weighted by atomic mass is 10.2. The number of aromatic nitrogens is 3. The first-order chi connectivity index (χ1) is 8.92. The van der Waals surface area contributed by atoms with Crippen molar-refractivity contribution in [3.05, 3.63) is 30.4 Å². The molecule has 1 saturated heterocycles. The quantitative estimate of drug-likeness (QED) is 0.857. The SMILES string of the molecule is c1cc(-c2noc(CC3CNCCO3)n2)ccn1. The molecule has 1 unspecified atom stereocenters. The summed E-state index contributed by atoms with van der Waals surface area (Å²) in [6, 6.07) is 3.71. The first-order valence-corrected chi connectivity index (χ1v) is 5.97. The van der Waals surface area contributed by atoms with Crippen LogP contribution in [-0.2, 0) is 11.2 Å². The van der Waals surface area contributed by atoms with Crippen LogP contribution in [0.3, 0.4) is 0 Å². The van der Waals surface area contributed by atoms with Gasteiger partial charge in [-0.25, -0.2) is 0 Å². The van der Waals surface area contributed by atoms with Crippen LogP contribution in [0.5, 0.6) is 0 Å². The third kappa shape index (κ3) is 2.55. The highest BCUT2D eigenvalue weighted by Crippen LogP contribution is 2.15. The summed E-state index contributed by atoms with van der Waals surface area (Å²) in [4.78, 5) is 8.32. The molecule has 1 aliphatic rings. The minimum absolute atomic E-state index is 0.115. The largest absolute Gasteiger partial charge is 0.375 e. The minimum atomic E-state index is 0.115. The lowest BCUT2D eigenvalue weighted by Gasteiger charge is -2.21. The average molecular weight is 246 g/mol. The van der Waals surface area contributed by atoms with Crippen molar-refractivity contribution in [1.82, 2.24) is 20.4 Å². The smallest absolute Gasteiger partial charge is 0.229 e. The summed E-state index contributed by atoms with van der Waals surface area (Å²) in [5.74, 6) is 1.20. The van der Waals surface area contributed by atoms with Crippen molar-refractivity contribution in [2.75, 3.05) is 19.7 Å². The molecule has 0 spiro atoms. The molecule has 1 aliphatic heterocycles. The second kappa shape index (κ2) is 5.24. The monoisotopic (exact) mass is 246 g/mol. The molecule has 6 nitrogen and oxygen atoms in total. The molecule has 2 aromatic rings. The standard InChI is InChI=1S/C12H14N4O2/c1-3-13-4-2-9(1)12-15-11(18-16-12)7-10-8-14-5-6-17-10/h1-4,10,14H,5-8H2. The van der Waals surface area contributed by atoms with E-state index in [1.807, 2.05) is 12.1 Å². The van der Waals surface area contributed by atoms with Gasteiger partial charge < -0.3 is 14.6 Å². The molecule has 1 N–H and O–H groups in total. The van der Waals surface area contributed by atoms with Gasteiger partial charge in [-0.1, -0.05) is 5.16 Å². The highest BCUT2D eigenvalue weighted by molar-refractivity contribution is 5.52. The zero-order valence-corrected chi connectivity index (χ0v) is 9.87. The molecule has 6 heteroatoms. The Morgan fingerprint density at radius 2 is 2.22 bits per heavy atom. The molecule has 94 valence electrons. The fourth-order valence-corrected chi connectivity index (χ4v) is 1.90. The zero-order valence-electron chi connectivity index (χ0n) is 9.87. The van der Waals surface area contributed by atoms with Gasteiger partial charge in [-0.15, -0.1) is 0 Å². The van der Waals surface area contributed by atoms with Crippen LogP contribution < -0.4 is 5.32 Å². The van der Waals surface area contributed by atoms with Gasteiger partial charge in [0.15, 0.2) is 0 Å². The summed E-state index contributed by atoms with van der Waals surface area (Å²) in [6.07, 6.45) is 4.17. The normalized spacial score (nSPS) is 19.9. The van der Waals surface area contributed by atoms with E-state index in [9.17, 15) is 0 Å². The van der Waals surface area contributed by atoms with E-state index in [0.29, 0.717) is 18.1 Å². The van der Waals surface area contributed by atoms with E-state index >= 15 is 0 Å². The van der Waals surface area contributed by atoms with Crippen LogP contribution in [0.4, 0.5) is 0 Å². The van der Waals surface area contributed by atoms with Crippen molar-refractivity contribution in [1.29, 1.82) is 0 Å². The Labute approximate surface area is 104 Å². The summed E-state index contributed by atoms with van der Waals surface area (Å²) in [6.45, 7) is 2.46. The molecule has 18 heavy (non-hydrogen) atoms. The van der Waals surface area contributed by atoms with Gasteiger partial charge in [0.05, 0.1) is 19.1 Å². The Morgan fingerprint density at radius 3 is 3.00 bits per heavy atom. The topological polar surface area (TPSA) is 73.1 Å².